The van der Waals surface area contributed by atoms with Crippen molar-refractivity contribution in [2.24, 2.45) is 0 Å². The topological polar surface area (TPSA) is 24.1 Å². The maximum atomic E-state index is 3.49. The van der Waals surface area contributed by atoms with E-state index >= 15 is 0 Å². The summed E-state index contributed by atoms with van der Waals surface area (Å²) in [7, 11) is 0. The van der Waals surface area contributed by atoms with E-state index in [1.54, 1.807) is 0 Å². The highest BCUT2D eigenvalue weighted by atomic mass is 15.0. The Morgan fingerprint density at radius 1 is 0.583 bits per heavy atom. The minimum absolute atomic E-state index is 0.535. The molecule has 0 unspecified atom stereocenters. The summed E-state index contributed by atoms with van der Waals surface area (Å²) in [6.07, 6.45) is 0. The summed E-state index contributed by atoms with van der Waals surface area (Å²) in [5, 5.41) is 6.97. The molecule has 0 saturated carbocycles. The molecule has 2 nitrogen and oxygen atoms in total. The van der Waals surface area contributed by atoms with E-state index in [1.165, 1.54) is 0 Å². The van der Waals surface area contributed by atoms with Crippen molar-refractivity contribution in [2.45, 2.75) is 65.7 Å². The molecule has 2 N–H and O–H groups in total. The van der Waals surface area contributed by atoms with Crippen LogP contribution >= 0.6 is 0 Å². The fourth-order valence-corrected chi connectivity index (χ4v) is 1.34. The van der Waals surface area contributed by atoms with Gasteiger partial charge in [-0.25, -0.2) is 0 Å². The van der Waals surface area contributed by atoms with E-state index in [9.17, 15) is 0 Å². The molecule has 0 aliphatic carbocycles. The highest BCUT2D eigenvalue weighted by Crippen LogP contribution is 1.95. The molecule has 0 aromatic carbocycles. The molecule has 0 aromatic heterocycles. The maximum absolute atomic E-state index is 3.49. The summed E-state index contributed by atoms with van der Waals surface area (Å²) in [6, 6.07) is 2.20. The first-order chi connectivity index (χ1) is 5.43. The van der Waals surface area contributed by atoms with Crippen molar-refractivity contribution in [2.75, 3.05) is 0 Å². The summed E-state index contributed by atoms with van der Waals surface area (Å²) in [4.78, 5) is 0. The molecular formula is C10H24N2. The second kappa shape index (κ2) is 5.55. The molecule has 0 heterocycles. The maximum Gasteiger partial charge on any atom is 0.0192 e. The van der Waals surface area contributed by atoms with Crippen LogP contribution < -0.4 is 10.6 Å². The Hall–Kier alpha value is -0.0800. The normalized spacial score (nSPS) is 17.0. The lowest BCUT2D eigenvalue weighted by Gasteiger charge is -2.26. The third kappa shape index (κ3) is 5.56. The fraction of sp³-hybridized carbons (Fsp3) is 1.00. The lowest BCUT2D eigenvalue weighted by atomic mass is 10.1. The molecule has 0 bridgehead atoms. The Morgan fingerprint density at radius 3 is 1.00 bits per heavy atom. The van der Waals surface area contributed by atoms with Crippen LogP contribution in [0.15, 0.2) is 0 Å². The monoisotopic (exact) mass is 172 g/mol. The third-order valence-corrected chi connectivity index (χ3v) is 1.94. The van der Waals surface area contributed by atoms with E-state index in [4.69, 9.17) is 0 Å². The molecule has 2 heteroatoms. The minimum Gasteiger partial charge on any atom is -0.311 e. The van der Waals surface area contributed by atoms with Crippen molar-refractivity contribution in [1.82, 2.24) is 10.6 Å². The summed E-state index contributed by atoms with van der Waals surface area (Å²) in [5.74, 6) is 0. The summed E-state index contributed by atoms with van der Waals surface area (Å²) in [6.45, 7) is 13.2. The van der Waals surface area contributed by atoms with Crippen LogP contribution in [0.5, 0.6) is 0 Å². The smallest absolute Gasteiger partial charge is 0.0192 e. The van der Waals surface area contributed by atoms with E-state index in [1.807, 2.05) is 0 Å². The zero-order valence-corrected chi connectivity index (χ0v) is 9.31. The van der Waals surface area contributed by atoms with Crippen LogP contribution in [0.4, 0.5) is 0 Å². The molecule has 74 valence electrons. The molecule has 12 heavy (non-hydrogen) atoms. The van der Waals surface area contributed by atoms with Crippen molar-refractivity contribution in [3.63, 3.8) is 0 Å². The Morgan fingerprint density at radius 2 is 0.833 bits per heavy atom. The van der Waals surface area contributed by atoms with Gasteiger partial charge >= 0.3 is 0 Å². The highest BCUT2D eigenvalue weighted by Gasteiger charge is 2.12. The van der Waals surface area contributed by atoms with Gasteiger partial charge in [0.05, 0.1) is 0 Å². The van der Waals surface area contributed by atoms with Crippen LogP contribution in [0.3, 0.4) is 0 Å². The van der Waals surface area contributed by atoms with Gasteiger partial charge in [-0.1, -0.05) is 27.7 Å². The van der Waals surface area contributed by atoms with E-state index in [0.29, 0.717) is 24.2 Å². The van der Waals surface area contributed by atoms with Gasteiger partial charge < -0.3 is 10.6 Å². The van der Waals surface area contributed by atoms with E-state index < -0.39 is 0 Å². The molecule has 0 rings (SSSR count). The predicted octanol–water partition coefficient (Wildman–Crippen LogP) is 1.76. The Labute approximate surface area is 77.1 Å². The zero-order chi connectivity index (χ0) is 9.72. The average Bonchev–Trinajstić information content (AvgIpc) is 1.84. The van der Waals surface area contributed by atoms with Gasteiger partial charge in [0.25, 0.3) is 0 Å². The van der Waals surface area contributed by atoms with Gasteiger partial charge in [-0.05, 0) is 13.8 Å². The lowest BCUT2D eigenvalue weighted by Crippen LogP contribution is -2.48. The van der Waals surface area contributed by atoms with Gasteiger partial charge in [-0.2, -0.15) is 0 Å². The van der Waals surface area contributed by atoms with Crippen molar-refractivity contribution in [3.8, 4) is 0 Å². The lowest BCUT2D eigenvalue weighted by molar-refractivity contribution is 0.365. The Bertz CT molecular complexity index is 96.4. The van der Waals surface area contributed by atoms with Gasteiger partial charge in [0.1, 0.15) is 0 Å². The number of nitrogens with one attached hydrogen (secondary N) is 2. The fourth-order valence-electron chi connectivity index (χ4n) is 1.34. The summed E-state index contributed by atoms with van der Waals surface area (Å²) < 4.78 is 0. The molecule has 0 amide bonds. The van der Waals surface area contributed by atoms with E-state index in [2.05, 4.69) is 52.2 Å². The molecule has 0 aromatic rings. The van der Waals surface area contributed by atoms with Crippen LogP contribution in [0, 0.1) is 0 Å². The van der Waals surface area contributed by atoms with Gasteiger partial charge in [-0.3, -0.25) is 0 Å². The van der Waals surface area contributed by atoms with Crippen molar-refractivity contribution in [1.29, 1.82) is 0 Å². The van der Waals surface area contributed by atoms with E-state index in [0.717, 1.165) is 0 Å². The Balaban J connectivity index is 3.68. The second-order valence-corrected chi connectivity index (χ2v) is 4.22. The number of hydrogen-bond donors (Lipinski definition) is 2. The summed E-state index contributed by atoms with van der Waals surface area (Å²) in [5.41, 5.74) is 0. The molecule has 2 atom stereocenters. The van der Waals surface area contributed by atoms with Crippen LogP contribution in [-0.2, 0) is 0 Å². The Kier molecular flexibility index (Phi) is 5.51. The second-order valence-electron chi connectivity index (χ2n) is 4.22. The minimum atomic E-state index is 0.535. The molecular weight excluding hydrogens is 148 g/mol. The van der Waals surface area contributed by atoms with Crippen molar-refractivity contribution in [3.05, 3.63) is 0 Å². The molecule has 0 aliphatic rings. The summed E-state index contributed by atoms with van der Waals surface area (Å²) >= 11 is 0. The average molecular weight is 172 g/mol. The van der Waals surface area contributed by atoms with Crippen LogP contribution in [-0.4, -0.2) is 24.2 Å². The predicted molar refractivity (Wildman–Crippen MR) is 55.5 cm³/mol. The van der Waals surface area contributed by atoms with Crippen LogP contribution in [0.2, 0.25) is 0 Å². The third-order valence-electron chi connectivity index (χ3n) is 1.94. The molecule has 0 fully saturated rings. The first-order valence-corrected chi connectivity index (χ1v) is 4.95. The van der Waals surface area contributed by atoms with Gasteiger partial charge in [0.2, 0.25) is 0 Å². The number of rotatable bonds is 5. The zero-order valence-electron chi connectivity index (χ0n) is 9.31. The van der Waals surface area contributed by atoms with Crippen molar-refractivity contribution >= 4 is 0 Å². The highest BCUT2D eigenvalue weighted by molar-refractivity contribution is 4.77. The van der Waals surface area contributed by atoms with E-state index in [-0.39, 0.29) is 0 Å². The van der Waals surface area contributed by atoms with Crippen LogP contribution in [0.1, 0.15) is 41.5 Å². The van der Waals surface area contributed by atoms with Gasteiger partial charge in [0.15, 0.2) is 0 Å². The molecule has 0 saturated heterocycles. The first kappa shape index (κ1) is 11.9. The molecule has 0 radical (unpaired) electrons. The quantitative estimate of drug-likeness (QED) is 0.660. The SMILES string of the molecule is CC(C)N[C@@H](C)[C@@H](C)NC(C)C. The largest absolute Gasteiger partial charge is 0.311 e. The molecule has 0 aliphatic heterocycles. The number of hydrogen-bond acceptors (Lipinski definition) is 2. The standard InChI is InChI=1S/C10H24N2/c1-7(2)11-9(5)10(6)12-8(3)4/h7-12H,1-6H3/t9-,10+. The van der Waals surface area contributed by atoms with Gasteiger partial charge in [-0.15, -0.1) is 0 Å². The van der Waals surface area contributed by atoms with Crippen molar-refractivity contribution < 1.29 is 0 Å². The molecule has 0 spiro atoms. The van der Waals surface area contributed by atoms with Gasteiger partial charge in [0, 0.05) is 24.2 Å². The van der Waals surface area contributed by atoms with Crippen LogP contribution in [0.25, 0.3) is 0 Å². The first-order valence-electron chi connectivity index (χ1n) is 4.95.